The molecule has 0 bridgehead atoms. The van der Waals surface area contributed by atoms with Gasteiger partial charge in [0.05, 0.1) is 1.67 Å². The number of hydrogen-bond donors (Lipinski definition) is 0. The van der Waals surface area contributed by atoms with E-state index in [4.69, 9.17) is 0 Å². The summed E-state index contributed by atoms with van der Waals surface area (Å²) in [5, 5.41) is 0. The second-order valence-electron chi connectivity index (χ2n) is 0.334. The molecule has 0 aromatic heterocycles. The lowest BCUT2D eigenvalue weighted by Gasteiger charge is -1.74. The molecule has 1 atom stereocenters. The molecule has 1 unspecified atom stereocenters. The van der Waals surface area contributed by atoms with Crippen molar-refractivity contribution in [3.63, 3.8) is 0 Å². The highest BCUT2D eigenvalue weighted by molar-refractivity contribution is 14.2. The molecule has 0 radical (unpaired) electrons. The van der Waals surface area contributed by atoms with E-state index in [2.05, 4.69) is 54.4 Å². The zero-order chi connectivity index (χ0) is 3.58. The minimum absolute atomic E-state index is 0.690. The maximum atomic E-state index is 2.63. The molecule has 0 saturated heterocycles. The van der Waals surface area contributed by atoms with Gasteiger partial charge in [0, 0.05) is 0 Å². The molecule has 0 nitrogen and oxygen atoms in total. The Balaban J connectivity index is 2.32. The lowest BCUT2D eigenvalue weighted by atomic mass is 11.9. The normalized spacial score (nSPS) is 9.00. The fourth-order valence-electron chi connectivity index (χ4n) is 0. The minimum atomic E-state index is 0.690. The largest absolute Gasteiger partial charge is 0.113 e. The molecule has 0 aliphatic rings. The zero-order valence-corrected chi connectivity index (χ0v) is 7.38. The first kappa shape index (κ1) is 5.89. The van der Waals surface area contributed by atoms with Crippen LogP contribution in [0.15, 0.2) is 0 Å². The van der Waals surface area contributed by atoms with Crippen molar-refractivity contribution in [2.75, 3.05) is 0 Å². The maximum Gasteiger partial charge on any atom is 0.0762 e. The summed E-state index contributed by atoms with van der Waals surface area (Å²) in [4.78, 5) is 0. The molecule has 0 spiro atoms. The van der Waals surface area contributed by atoms with Crippen LogP contribution in [-0.2, 0) is 0 Å². The van der Waals surface area contributed by atoms with Gasteiger partial charge >= 0.3 is 0 Å². The Morgan fingerprint density at radius 3 is 1.50 bits per heavy atom. The Morgan fingerprint density at radius 1 is 1.50 bits per heavy atom. The van der Waals surface area contributed by atoms with Gasteiger partial charge < -0.3 is 0 Å². The van der Waals surface area contributed by atoms with Crippen molar-refractivity contribution in [1.82, 2.24) is 0 Å². The number of alkyl halides is 2. The van der Waals surface area contributed by atoms with Crippen molar-refractivity contribution in [3.8, 4) is 0 Å². The predicted octanol–water partition coefficient (Wildman–Crippen LogP) is 2.02. The van der Waals surface area contributed by atoms with Gasteiger partial charge in [0.15, 0.2) is 0 Å². The first-order chi connectivity index (χ1) is 1.73. The van der Waals surface area contributed by atoms with E-state index in [0.717, 1.165) is 0 Å². The number of rotatable bonds is 0. The molecule has 0 rings (SSSR count). The lowest BCUT2D eigenvalue weighted by Crippen LogP contribution is -1.48. The molecule has 0 aromatic rings. The summed E-state index contributed by atoms with van der Waals surface area (Å²) in [6, 6.07) is 0. The summed E-state index contributed by atoms with van der Waals surface area (Å²) in [6.07, 6.45) is 0. The smallest absolute Gasteiger partial charge is 0.0762 e. The molecule has 26 valence electrons. The number of halogens is 2. The molecule has 4 heavy (non-hydrogen) atoms. The van der Waals surface area contributed by atoms with Gasteiger partial charge in [0.1, 0.15) is 0 Å². The average molecular weight is 300 g/mol. The van der Waals surface area contributed by atoms with Crippen molar-refractivity contribution < 1.29 is 0 Å². The minimum Gasteiger partial charge on any atom is -0.113 e. The molecule has 0 amide bonds. The average Bonchev–Trinajstić information content (AvgIpc) is 0.811. The van der Waals surface area contributed by atoms with E-state index in [1.165, 1.54) is 0 Å². The van der Waals surface area contributed by atoms with Gasteiger partial charge in [0.25, 0.3) is 0 Å². The van der Waals surface area contributed by atoms with Crippen molar-refractivity contribution in [3.05, 3.63) is 0 Å². The summed E-state index contributed by atoms with van der Waals surface area (Å²) in [6.45, 7) is 0. The van der Waals surface area contributed by atoms with Crippen LogP contribution in [0.5, 0.6) is 0 Å². The van der Waals surface area contributed by atoms with Gasteiger partial charge in [-0.3, -0.25) is 0 Å². The Hall–Kier alpha value is 1.89. The quantitative estimate of drug-likeness (QED) is 0.365. The molecule has 0 N–H and O–H groups in total. The van der Waals surface area contributed by atoms with E-state index < -0.39 is 0 Å². The summed E-state index contributed by atoms with van der Waals surface area (Å²) >= 11 is 4.59. The van der Waals surface area contributed by atoms with Crippen LogP contribution in [0, 0.1) is 0 Å². The molecular formula is CH3I2P. The molecule has 0 aliphatic heterocycles. The third kappa shape index (κ3) is 9.10. The van der Waals surface area contributed by atoms with Crippen LogP contribution in [0.25, 0.3) is 0 Å². The first-order valence-electron chi connectivity index (χ1n) is 0.770. The summed E-state index contributed by atoms with van der Waals surface area (Å²) in [5.74, 6) is 0. The fraction of sp³-hybridized carbons (Fsp3) is 1.00. The van der Waals surface area contributed by atoms with Gasteiger partial charge in [-0.05, 0) is 0 Å². The van der Waals surface area contributed by atoms with E-state index >= 15 is 0 Å². The van der Waals surface area contributed by atoms with Gasteiger partial charge in [-0.2, -0.15) is 0 Å². The van der Waals surface area contributed by atoms with E-state index in [9.17, 15) is 0 Å². The highest BCUT2D eigenvalue weighted by Gasteiger charge is 1.73. The SMILES string of the molecule is PC(I)I. The molecule has 0 aliphatic carbocycles. The van der Waals surface area contributed by atoms with Crippen molar-refractivity contribution in [2.45, 2.75) is 1.67 Å². The van der Waals surface area contributed by atoms with Crippen molar-refractivity contribution >= 4 is 54.4 Å². The van der Waals surface area contributed by atoms with E-state index in [-0.39, 0.29) is 0 Å². The predicted molar refractivity (Wildman–Crippen MR) is 41.5 cm³/mol. The highest BCUT2D eigenvalue weighted by Crippen LogP contribution is 2.15. The molecule has 0 aromatic carbocycles. The Morgan fingerprint density at radius 2 is 1.50 bits per heavy atom. The monoisotopic (exact) mass is 300 g/mol. The Bertz CT molecular complexity index is 10.8. The van der Waals surface area contributed by atoms with Crippen LogP contribution < -0.4 is 0 Å². The van der Waals surface area contributed by atoms with Gasteiger partial charge in [0.2, 0.25) is 0 Å². The van der Waals surface area contributed by atoms with Crippen molar-refractivity contribution in [2.24, 2.45) is 0 Å². The molecule has 3 heteroatoms. The van der Waals surface area contributed by atoms with Crippen LogP contribution in [0.4, 0.5) is 0 Å². The summed E-state index contributed by atoms with van der Waals surface area (Å²) < 4.78 is 0.690. The van der Waals surface area contributed by atoms with Gasteiger partial charge in [-0.15, -0.1) is 9.24 Å². The Labute approximate surface area is 55.6 Å². The van der Waals surface area contributed by atoms with Crippen LogP contribution in [-0.4, -0.2) is 1.67 Å². The molecule has 0 fully saturated rings. The van der Waals surface area contributed by atoms with Gasteiger partial charge in [-0.1, -0.05) is 45.2 Å². The second kappa shape index (κ2) is 3.09. The third-order valence-corrected chi connectivity index (χ3v) is 0. The lowest BCUT2D eigenvalue weighted by molar-refractivity contribution is 2.34. The van der Waals surface area contributed by atoms with Crippen molar-refractivity contribution in [1.29, 1.82) is 0 Å². The standard InChI is InChI=1S/CH3I2P/c2-1(3)4/h1H,4H2. The highest BCUT2D eigenvalue weighted by atomic mass is 127. The van der Waals surface area contributed by atoms with Crippen LogP contribution in [0.2, 0.25) is 0 Å². The Kier molecular flexibility index (Phi) is 4.56. The molecule has 0 heterocycles. The fourth-order valence-corrected chi connectivity index (χ4v) is 0. The topological polar surface area (TPSA) is 0 Å². The van der Waals surface area contributed by atoms with E-state index in [0.29, 0.717) is 1.67 Å². The molecule has 0 saturated carbocycles. The maximum absolute atomic E-state index is 2.63. The molecular weight excluding hydrogens is 297 g/mol. The summed E-state index contributed by atoms with van der Waals surface area (Å²) in [5.41, 5.74) is 0. The van der Waals surface area contributed by atoms with Crippen LogP contribution in [0.3, 0.4) is 0 Å². The summed E-state index contributed by atoms with van der Waals surface area (Å²) in [7, 11) is 2.63. The number of hydrogen-bond acceptors (Lipinski definition) is 0. The van der Waals surface area contributed by atoms with E-state index in [1.54, 1.807) is 0 Å². The van der Waals surface area contributed by atoms with Gasteiger partial charge in [-0.25, -0.2) is 0 Å². The zero-order valence-electron chi connectivity index (χ0n) is 1.91. The first-order valence-corrected chi connectivity index (χ1v) is 3.93. The van der Waals surface area contributed by atoms with Crippen LogP contribution >= 0.6 is 54.4 Å². The second-order valence-corrected chi connectivity index (χ2v) is 8.78. The van der Waals surface area contributed by atoms with Crippen LogP contribution in [0.1, 0.15) is 0 Å². The van der Waals surface area contributed by atoms with E-state index in [1.807, 2.05) is 0 Å². The third-order valence-electron chi connectivity index (χ3n) is 0.